The zero-order chi connectivity index (χ0) is 16.5. The van der Waals surface area contributed by atoms with Crippen LogP contribution >= 0.6 is 0 Å². The van der Waals surface area contributed by atoms with Crippen LogP contribution in [0.5, 0.6) is 0 Å². The van der Waals surface area contributed by atoms with E-state index in [1.165, 1.54) is 19.4 Å². The van der Waals surface area contributed by atoms with Crippen molar-refractivity contribution < 1.29 is 9.53 Å². The molecule has 0 unspecified atom stereocenters. The molecule has 2 heterocycles. The highest BCUT2D eigenvalue weighted by Gasteiger charge is 2.67. The molecule has 7 heteroatoms. The number of nitrogens with zero attached hydrogens (tertiary/aromatic N) is 5. The predicted octanol–water partition coefficient (Wildman–Crippen LogP) is 1.59. The highest BCUT2D eigenvalue weighted by atomic mass is 16.5. The predicted molar refractivity (Wildman–Crippen MR) is 71.7 cm³/mol. The largest absolute Gasteiger partial charge is 0.452 e. The smallest absolute Gasteiger partial charge is 0.414 e. The molecule has 2 atom stereocenters. The van der Waals surface area contributed by atoms with E-state index in [9.17, 15) is 25.8 Å². The average Bonchev–Trinajstić information content (AvgIpc) is 2.79. The molecule has 2 aliphatic heterocycles. The van der Waals surface area contributed by atoms with Crippen LogP contribution in [0.15, 0.2) is 23.9 Å². The molecule has 0 N–H and O–H groups in total. The van der Waals surface area contributed by atoms with Crippen molar-refractivity contribution in [2.24, 2.45) is 16.7 Å². The summed E-state index contributed by atoms with van der Waals surface area (Å²) in [5.41, 5.74) is -3.36. The van der Waals surface area contributed by atoms with E-state index in [2.05, 4.69) is 4.74 Å². The number of allylic oxidation sites excluding steroid dienone is 2. The van der Waals surface area contributed by atoms with Gasteiger partial charge in [0.05, 0.1) is 37.4 Å². The van der Waals surface area contributed by atoms with Gasteiger partial charge < -0.3 is 4.74 Å². The number of fused-ring (bicyclic) bond motifs is 2. The van der Waals surface area contributed by atoms with Gasteiger partial charge in [0.15, 0.2) is 5.41 Å². The molecular weight excluding hydrogens is 282 g/mol. The van der Waals surface area contributed by atoms with Gasteiger partial charge in [-0.05, 0) is 6.92 Å². The lowest BCUT2D eigenvalue weighted by Crippen LogP contribution is -2.58. The fraction of sp³-hybridized carbons (Fsp3) is 0.400. The minimum Gasteiger partial charge on any atom is -0.452 e. The van der Waals surface area contributed by atoms with E-state index in [0.29, 0.717) is 5.57 Å². The second-order valence-corrected chi connectivity index (χ2v) is 5.12. The molecule has 0 radical (unpaired) electrons. The van der Waals surface area contributed by atoms with Gasteiger partial charge in [-0.2, -0.15) is 21.0 Å². The molecule has 108 valence electrons. The van der Waals surface area contributed by atoms with Crippen molar-refractivity contribution in [2.75, 3.05) is 7.11 Å². The van der Waals surface area contributed by atoms with Crippen molar-refractivity contribution >= 4 is 6.09 Å². The maximum Gasteiger partial charge on any atom is 0.414 e. The number of methoxy groups -OCH3 is 1. The van der Waals surface area contributed by atoms with Gasteiger partial charge in [-0.25, -0.2) is 4.79 Å². The van der Waals surface area contributed by atoms with E-state index < -0.39 is 28.9 Å². The van der Waals surface area contributed by atoms with E-state index >= 15 is 0 Å². The Balaban J connectivity index is 2.86. The van der Waals surface area contributed by atoms with Crippen LogP contribution in [-0.4, -0.2) is 24.1 Å². The number of hydrogen-bond acceptors (Lipinski definition) is 6. The van der Waals surface area contributed by atoms with Gasteiger partial charge in [0.2, 0.25) is 5.41 Å². The van der Waals surface area contributed by atoms with Gasteiger partial charge in [0.1, 0.15) is 0 Å². The Morgan fingerprint density at radius 1 is 1.18 bits per heavy atom. The summed E-state index contributed by atoms with van der Waals surface area (Å²) in [6.45, 7) is 1.66. The van der Waals surface area contributed by atoms with Crippen molar-refractivity contribution in [3.8, 4) is 24.3 Å². The number of amides is 1. The quantitative estimate of drug-likeness (QED) is 0.624. The number of ether oxygens (including phenoxy) is 1. The zero-order valence-electron chi connectivity index (χ0n) is 11.9. The van der Waals surface area contributed by atoms with Crippen molar-refractivity contribution in [3.05, 3.63) is 23.9 Å². The Bertz CT molecular complexity index is 725. The summed E-state index contributed by atoms with van der Waals surface area (Å²) in [4.78, 5) is 13.1. The van der Waals surface area contributed by atoms with Crippen molar-refractivity contribution in [2.45, 2.75) is 13.0 Å². The number of rotatable bonds is 0. The lowest BCUT2D eigenvalue weighted by atomic mass is 9.53. The lowest BCUT2D eigenvalue weighted by Gasteiger charge is -2.44. The van der Waals surface area contributed by atoms with E-state index in [4.69, 9.17) is 0 Å². The van der Waals surface area contributed by atoms with Crippen molar-refractivity contribution in [1.29, 1.82) is 21.0 Å². The maximum absolute atomic E-state index is 12.0. The van der Waals surface area contributed by atoms with Gasteiger partial charge in [-0.1, -0.05) is 17.7 Å². The summed E-state index contributed by atoms with van der Waals surface area (Å²) in [5.74, 6) is -0.771. The summed E-state index contributed by atoms with van der Waals surface area (Å²) in [6, 6.07) is 6.30. The second-order valence-electron chi connectivity index (χ2n) is 5.12. The molecule has 0 spiro atoms. The molecule has 0 aromatic heterocycles. The molecule has 3 rings (SSSR count). The first kappa shape index (κ1) is 15.1. The SMILES string of the molecule is COC(=O)N1C=C[C@@H]2C=C(C)[C@H]1C(C#N)(C#N)C2(C#N)C#N. The van der Waals surface area contributed by atoms with Crippen LogP contribution in [0, 0.1) is 62.1 Å². The monoisotopic (exact) mass is 293 g/mol. The standard InChI is InChI=1S/C15H11N5O2/c1-10-5-11-3-4-20(13(21)22-2)12(10)15(8-18,9-19)14(11,6-16)7-17/h3-5,11-12H,1-2H3/t11-,12+/m1/s1. The highest BCUT2D eigenvalue weighted by Crippen LogP contribution is 2.55. The van der Waals surface area contributed by atoms with Crippen LogP contribution in [-0.2, 0) is 4.74 Å². The highest BCUT2D eigenvalue weighted by molar-refractivity contribution is 5.71. The minimum absolute atomic E-state index is 0.560. The summed E-state index contributed by atoms with van der Waals surface area (Å²) < 4.78 is 4.69. The zero-order valence-corrected chi connectivity index (χ0v) is 11.9. The third-order valence-electron chi connectivity index (χ3n) is 4.23. The fourth-order valence-electron chi connectivity index (χ4n) is 3.16. The number of carbonyl (C=O) groups excluding carboxylic acids is 1. The molecule has 2 bridgehead atoms. The maximum atomic E-state index is 12.0. The Morgan fingerprint density at radius 2 is 1.73 bits per heavy atom. The molecule has 22 heavy (non-hydrogen) atoms. The molecule has 1 amide bonds. The van der Waals surface area contributed by atoms with Crippen LogP contribution in [0.1, 0.15) is 6.92 Å². The Morgan fingerprint density at radius 3 is 2.18 bits per heavy atom. The molecule has 0 fully saturated rings. The van der Waals surface area contributed by atoms with Gasteiger partial charge in [-0.3, -0.25) is 4.90 Å². The molecule has 3 aliphatic rings. The molecule has 0 saturated carbocycles. The number of carbonyl (C=O) groups is 1. The van der Waals surface area contributed by atoms with E-state index in [1.807, 2.05) is 24.3 Å². The van der Waals surface area contributed by atoms with Crippen LogP contribution in [0.25, 0.3) is 0 Å². The van der Waals surface area contributed by atoms with Crippen LogP contribution in [0.4, 0.5) is 4.79 Å². The molecule has 1 aliphatic carbocycles. The molecule has 0 saturated heterocycles. The van der Waals surface area contributed by atoms with Crippen LogP contribution in [0.2, 0.25) is 0 Å². The first-order valence-electron chi connectivity index (χ1n) is 6.36. The summed E-state index contributed by atoms with van der Waals surface area (Å²) in [5, 5.41) is 38.5. The summed E-state index contributed by atoms with van der Waals surface area (Å²) >= 11 is 0. The van der Waals surface area contributed by atoms with Gasteiger partial charge in [0, 0.05) is 12.1 Å². The third-order valence-corrected chi connectivity index (χ3v) is 4.23. The second kappa shape index (κ2) is 4.92. The number of hydrogen-bond donors (Lipinski definition) is 0. The normalized spacial score (nSPS) is 26.5. The average molecular weight is 293 g/mol. The minimum atomic E-state index is -2.02. The third kappa shape index (κ3) is 1.48. The topological polar surface area (TPSA) is 125 Å². The van der Waals surface area contributed by atoms with Gasteiger partial charge >= 0.3 is 6.09 Å². The van der Waals surface area contributed by atoms with E-state index in [-0.39, 0.29) is 0 Å². The van der Waals surface area contributed by atoms with Crippen molar-refractivity contribution in [3.63, 3.8) is 0 Å². The summed E-state index contributed by atoms with van der Waals surface area (Å²) in [6.07, 6.45) is 3.72. The van der Waals surface area contributed by atoms with Crippen LogP contribution < -0.4 is 0 Å². The Kier molecular flexibility index (Phi) is 3.38. The number of nitriles is 4. The fourth-order valence-corrected chi connectivity index (χ4v) is 3.16. The lowest BCUT2D eigenvalue weighted by molar-refractivity contribution is 0.0958. The first-order valence-corrected chi connectivity index (χ1v) is 6.36. The van der Waals surface area contributed by atoms with E-state index in [0.717, 1.165) is 4.90 Å². The Hall–Kier alpha value is -3.29. The van der Waals surface area contributed by atoms with E-state index in [1.54, 1.807) is 13.0 Å². The first-order chi connectivity index (χ1) is 10.5. The molecule has 0 aromatic rings. The molecular formula is C15H11N5O2. The molecule has 7 nitrogen and oxygen atoms in total. The van der Waals surface area contributed by atoms with Gasteiger partial charge in [-0.15, -0.1) is 0 Å². The molecule has 0 aromatic carbocycles. The Labute approximate surface area is 127 Å². The summed E-state index contributed by atoms with van der Waals surface area (Å²) in [7, 11) is 1.18. The van der Waals surface area contributed by atoms with Gasteiger partial charge in [0.25, 0.3) is 0 Å². The van der Waals surface area contributed by atoms with Crippen molar-refractivity contribution in [1.82, 2.24) is 4.90 Å². The van der Waals surface area contributed by atoms with Crippen LogP contribution in [0.3, 0.4) is 0 Å².